The van der Waals surface area contributed by atoms with Crippen molar-refractivity contribution in [2.75, 3.05) is 6.61 Å². The summed E-state index contributed by atoms with van der Waals surface area (Å²) in [4.78, 5) is 13.2. The fourth-order valence-corrected chi connectivity index (χ4v) is 4.45. The minimum absolute atomic E-state index is 0.127. The van der Waals surface area contributed by atoms with E-state index >= 15 is 0 Å². The van der Waals surface area contributed by atoms with Crippen LogP contribution < -0.4 is 5.56 Å². The molecule has 4 aromatic rings. The summed E-state index contributed by atoms with van der Waals surface area (Å²) in [6, 6.07) is 11.8. The third-order valence-electron chi connectivity index (χ3n) is 4.82. The Bertz CT molecular complexity index is 1290. The lowest BCUT2D eigenvalue weighted by Crippen LogP contribution is -2.24. The van der Waals surface area contributed by atoms with E-state index in [0.29, 0.717) is 57.7 Å². The molecule has 0 radical (unpaired) electrons. The number of ether oxygens (including phenoxy) is 1. The van der Waals surface area contributed by atoms with Gasteiger partial charge in [0.2, 0.25) is 5.78 Å². The number of benzene rings is 2. The number of aromatic nitrogens is 4. The van der Waals surface area contributed by atoms with Gasteiger partial charge in [0.25, 0.3) is 5.56 Å². The highest BCUT2D eigenvalue weighted by Gasteiger charge is 2.17. The lowest BCUT2D eigenvalue weighted by molar-refractivity contribution is 0.0748. The first kappa shape index (κ1) is 21.8. The highest BCUT2D eigenvalue weighted by molar-refractivity contribution is 7.98. The summed E-state index contributed by atoms with van der Waals surface area (Å²) >= 11 is 7.54. The smallest absolute Gasteiger partial charge is 0.262 e. The van der Waals surface area contributed by atoms with Crippen LogP contribution in [0.15, 0.2) is 52.4 Å². The highest BCUT2D eigenvalue weighted by atomic mass is 35.5. The Hall–Kier alpha value is -2.42. The van der Waals surface area contributed by atoms with Gasteiger partial charge in [-0.05, 0) is 50.1 Å². The van der Waals surface area contributed by atoms with Crippen LogP contribution in [0.5, 0.6) is 0 Å². The van der Waals surface area contributed by atoms with E-state index in [-0.39, 0.29) is 17.5 Å². The summed E-state index contributed by atoms with van der Waals surface area (Å²) in [5.74, 6) is 0.576. The van der Waals surface area contributed by atoms with E-state index in [4.69, 9.17) is 16.3 Å². The topological polar surface area (TPSA) is 61.4 Å². The molecule has 2 aromatic heterocycles. The van der Waals surface area contributed by atoms with E-state index in [0.717, 1.165) is 0 Å². The molecule has 0 atom stereocenters. The van der Waals surface area contributed by atoms with Gasteiger partial charge in [-0.15, -0.1) is 10.2 Å². The molecule has 0 fully saturated rings. The Morgan fingerprint density at radius 3 is 2.77 bits per heavy atom. The first-order chi connectivity index (χ1) is 15.0. The van der Waals surface area contributed by atoms with Crippen molar-refractivity contribution in [2.45, 2.75) is 43.8 Å². The first-order valence-electron chi connectivity index (χ1n) is 10.0. The number of fused-ring (bicyclic) bond motifs is 3. The molecule has 4 rings (SSSR count). The summed E-state index contributed by atoms with van der Waals surface area (Å²) in [6.45, 7) is 4.92. The van der Waals surface area contributed by atoms with Crippen LogP contribution in [0.3, 0.4) is 0 Å². The van der Waals surface area contributed by atoms with E-state index in [2.05, 4.69) is 10.2 Å². The largest absolute Gasteiger partial charge is 0.379 e. The van der Waals surface area contributed by atoms with Gasteiger partial charge in [0, 0.05) is 23.9 Å². The predicted molar refractivity (Wildman–Crippen MR) is 121 cm³/mol. The summed E-state index contributed by atoms with van der Waals surface area (Å²) in [5.41, 5.74) is 1.07. The van der Waals surface area contributed by atoms with Crippen molar-refractivity contribution in [1.29, 1.82) is 0 Å². The van der Waals surface area contributed by atoms with Crippen molar-refractivity contribution in [1.82, 2.24) is 19.2 Å². The maximum absolute atomic E-state index is 14.0. The minimum atomic E-state index is -0.262. The van der Waals surface area contributed by atoms with Gasteiger partial charge in [-0.2, -0.15) is 0 Å². The summed E-state index contributed by atoms with van der Waals surface area (Å²) in [7, 11) is 0. The third kappa shape index (κ3) is 4.61. The molecule has 0 unspecified atom stereocenters. The van der Waals surface area contributed by atoms with Crippen LogP contribution in [0.2, 0.25) is 5.02 Å². The van der Waals surface area contributed by atoms with Crippen molar-refractivity contribution in [3.63, 3.8) is 0 Å². The second-order valence-electron chi connectivity index (χ2n) is 7.39. The van der Waals surface area contributed by atoms with Crippen LogP contribution in [0.25, 0.3) is 16.7 Å². The zero-order valence-corrected chi connectivity index (χ0v) is 18.8. The van der Waals surface area contributed by atoms with E-state index < -0.39 is 0 Å². The quantitative estimate of drug-likeness (QED) is 0.275. The van der Waals surface area contributed by atoms with Gasteiger partial charge < -0.3 is 4.74 Å². The Labute approximate surface area is 188 Å². The Kier molecular flexibility index (Phi) is 6.60. The van der Waals surface area contributed by atoms with Gasteiger partial charge in [-0.1, -0.05) is 41.6 Å². The minimum Gasteiger partial charge on any atom is -0.379 e. The van der Waals surface area contributed by atoms with Crippen molar-refractivity contribution < 1.29 is 9.13 Å². The number of nitrogens with zero attached hydrogens (tertiary/aromatic N) is 4. The monoisotopic (exact) mass is 460 g/mol. The molecule has 0 aliphatic heterocycles. The lowest BCUT2D eigenvalue weighted by Gasteiger charge is -2.12. The first-order valence-corrected chi connectivity index (χ1v) is 11.4. The molecule has 0 amide bonds. The summed E-state index contributed by atoms with van der Waals surface area (Å²) in [6.07, 6.45) is 0.784. The number of thioether (sulfide) groups is 1. The number of rotatable bonds is 8. The number of halogens is 2. The normalized spacial score (nSPS) is 11.8. The fraction of sp³-hybridized carbons (Fsp3) is 0.318. The highest BCUT2D eigenvalue weighted by Crippen LogP contribution is 2.26. The van der Waals surface area contributed by atoms with Crippen LogP contribution >= 0.6 is 23.4 Å². The van der Waals surface area contributed by atoms with E-state index in [1.807, 2.05) is 18.2 Å². The lowest BCUT2D eigenvalue weighted by atomic mass is 10.2. The molecule has 2 heterocycles. The number of aryl methyl sites for hydroxylation is 1. The van der Waals surface area contributed by atoms with Crippen molar-refractivity contribution in [2.24, 2.45) is 0 Å². The average molecular weight is 461 g/mol. The van der Waals surface area contributed by atoms with Crippen molar-refractivity contribution >= 4 is 40.0 Å². The van der Waals surface area contributed by atoms with E-state index in [9.17, 15) is 9.18 Å². The summed E-state index contributed by atoms with van der Waals surface area (Å²) in [5, 5.41) is 10.1. The molecule has 31 heavy (non-hydrogen) atoms. The van der Waals surface area contributed by atoms with Crippen molar-refractivity contribution in [3.8, 4) is 0 Å². The Morgan fingerprint density at radius 1 is 1.19 bits per heavy atom. The molecule has 0 spiro atoms. The second kappa shape index (κ2) is 9.38. The average Bonchev–Trinajstić information content (AvgIpc) is 3.16. The Morgan fingerprint density at radius 2 is 2.00 bits per heavy atom. The molecule has 2 aromatic carbocycles. The molecule has 0 bridgehead atoms. The predicted octanol–water partition coefficient (Wildman–Crippen LogP) is 4.94. The zero-order valence-electron chi connectivity index (χ0n) is 17.2. The SMILES string of the molecule is CC(C)OCCCn1c(=O)c2cc(Cl)ccc2n2c(SCc3ccccc3F)nnc12. The molecule has 0 aliphatic carbocycles. The molecule has 0 aliphatic rings. The second-order valence-corrected chi connectivity index (χ2v) is 8.77. The van der Waals surface area contributed by atoms with Gasteiger partial charge in [0.1, 0.15) is 5.82 Å². The van der Waals surface area contributed by atoms with Gasteiger partial charge >= 0.3 is 0 Å². The Balaban J connectivity index is 1.76. The van der Waals surface area contributed by atoms with Crippen LogP contribution in [0, 0.1) is 5.82 Å². The van der Waals surface area contributed by atoms with Crippen LogP contribution in [0.4, 0.5) is 4.39 Å². The van der Waals surface area contributed by atoms with Gasteiger partial charge in [-0.25, -0.2) is 4.39 Å². The fourth-order valence-electron chi connectivity index (χ4n) is 3.35. The molecule has 0 saturated heterocycles. The zero-order chi connectivity index (χ0) is 22.0. The molecular weight excluding hydrogens is 439 g/mol. The molecule has 6 nitrogen and oxygen atoms in total. The van der Waals surface area contributed by atoms with Gasteiger partial charge in [-0.3, -0.25) is 13.8 Å². The standard InChI is InChI=1S/C22H22ClFN4O2S/c1-14(2)30-11-5-10-27-20(29)17-12-16(23)8-9-19(17)28-21(27)25-26-22(28)31-13-15-6-3-4-7-18(15)24/h3-4,6-9,12,14H,5,10-11,13H2,1-2H3. The van der Waals surface area contributed by atoms with Crippen molar-refractivity contribution in [3.05, 3.63) is 69.2 Å². The third-order valence-corrected chi connectivity index (χ3v) is 6.04. The maximum atomic E-state index is 14.0. The maximum Gasteiger partial charge on any atom is 0.262 e. The summed E-state index contributed by atoms with van der Waals surface area (Å²) < 4.78 is 23.1. The van der Waals surface area contributed by atoms with E-state index in [1.54, 1.807) is 41.0 Å². The molecule has 0 saturated carbocycles. The molecular formula is C22H22ClFN4O2S. The molecule has 162 valence electrons. The van der Waals surface area contributed by atoms with Crippen LogP contribution in [0.1, 0.15) is 25.8 Å². The van der Waals surface area contributed by atoms with Crippen LogP contribution in [-0.2, 0) is 17.0 Å². The molecule has 9 heteroatoms. The van der Waals surface area contributed by atoms with Gasteiger partial charge in [0.05, 0.1) is 17.0 Å². The van der Waals surface area contributed by atoms with E-state index in [1.165, 1.54) is 17.8 Å². The molecule has 0 N–H and O–H groups in total. The number of hydrogen-bond donors (Lipinski definition) is 0. The van der Waals surface area contributed by atoms with Crippen LogP contribution in [-0.4, -0.2) is 31.9 Å². The number of hydrogen-bond acceptors (Lipinski definition) is 5. The van der Waals surface area contributed by atoms with Gasteiger partial charge in [0.15, 0.2) is 5.16 Å².